The Morgan fingerprint density at radius 3 is 2.69 bits per heavy atom. The van der Waals surface area contributed by atoms with Crippen LogP contribution in [0.1, 0.15) is 33.1 Å². The molecule has 0 heterocycles. The minimum absolute atomic E-state index is 0.150. The molecule has 0 spiro atoms. The number of hydrogen-bond acceptors (Lipinski definition) is 2. The van der Waals surface area contributed by atoms with Crippen LogP contribution >= 0.6 is 0 Å². The molecule has 0 saturated carbocycles. The molecule has 2 N–H and O–H groups in total. The lowest BCUT2D eigenvalue weighted by molar-refractivity contribution is -0.121. The van der Waals surface area contributed by atoms with Crippen LogP contribution in [-0.4, -0.2) is 26.0 Å². The summed E-state index contributed by atoms with van der Waals surface area (Å²) >= 11 is 0. The third-order valence-electron chi connectivity index (χ3n) is 2.03. The zero-order valence-corrected chi connectivity index (χ0v) is 9.02. The summed E-state index contributed by atoms with van der Waals surface area (Å²) in [6, 6.07) is 0. The largest absolute Gasteiger partial charge is 0.356 e. The number of hydrogen-bond donors (Lipinski definition) is 2. The summed E-state index contributed by atoms with van der Waals surface area (Å²) in [5.41, 5.74) is 0. The highest BCUT2D eigenvalue weighted by Gasteiger charge is 2.03. The van der Waals surface area contributed by atoms with E-state index in [-0.39, 0.29) is 5.91 Å². The van der Waals surface area contributed by atoms with Crippen LogP contribution in [-0.2, 0) is 4.79 Å². The van der Waals surface area contributed by atoms with Gasteiger partial charge >= 0.3 is 0 Å². The number of carbonyl (C=O) groups excluding carboxylic acids is 1. The van der Waals surface area contributed by atoms with Crippen molar-refractivity contribution in [1.82, 2.24) is 10.6 Å². The molecule has 78 valence electrons. The van der Waals surface area contributed by atoms with E-state index >= 15 is 0 Å². The van der Waals surface area contributed by atoms with Gasteiger partial charge in [0.15, 0.2) is 0 Å². The van der Waals surface area contributed by atoms with Gasteiger partial charge in [-0.15, -0.1) is 0 Å². The molecule has 3 heteroatoms. The highest BCUT2D eigenvalue weighted by atomic mass is 16.1. The van der Waals surface area contributed by atoms with Crippen molar-refractivity contribution in [3.63, 3.8) is 0 Å². The second kappa shape index (κ2) is 8.05. The summed E-state index contributed by atoms with van der Waals surface area (Å²) in [4.78, 5) is 11.2. The van der Waals surface area contributed by atoms with Crippen molar-refractivity contribution in [3.05, 3.63) is 0 Å². The molecule has 0 aromatic heterocycles. The predicted molar refractivity (Wildman–Crippen MR) is 55.6 cm³/mol. The minimum atomic E-state index is 0.150. The van der Waals surface area contributed by atoms with E-state index in [1.54, 1.807) is 0 Å². The molecule has 0 radical (unpaired) electrons. The van der Waals surface area contributed by atoms with E-state index in [0.29, 0.717) is 12.3 Å². The van der Waals surface area contributed by atoms with Crippen molar-refractivity contribution < 1.29 is 4.79 Å². The molecular weight excluding hydrogens is 164 g/mol. The van der Waals surface area contributed by atoms with E-state index in [1.165, 1.54) is 12.8 Å². The predicted octanol–water partition coefficient (Wildman–Crippen LogP) is 1.15. The van der Waals surface area contributed by atoms with Gasteiger partial charge in [0.25, 0.3) is 0 Å². The third-order valence-corrected chi connectivity index (χ3v) is 2.03. The van der Waals surface area contributed by atoms with Crippen LogP contribution in [0.5, 0.6) is 0 Å². The summed E-state index contributed by atoms with van der Waals surface area (Å²) in [7, 11) is 1.85. The molecule has 0 aliphatic heterocycles. The Hall–Kier alpha value is -0.570. The molecule has 0 aliphatic rings. The van der Waals surface area contributed by atoms with Crippen molar-refractivity contribution in [1.29, 1.82) is 0 Å². The van der Waals surface area contributed by atoms with Crippen LogP contribution in [0.3, 0.4) is 0 Å². The first-order valence-electron chi connectivity index (χ1n) is 5.12. The maximum absolute atomic E-state index is 11.2. The van der Waals surface area contributed by atoms with Gasteiger partial charge in [0.2, 0.25) is 5.91 Å². The van der Waals surface area contributed by atoms with E-state index in [9.17, 15) is 4.79 Å². The van der Waals surface area contributed by atoms with Crippen LogP contribution in [0.2, 0.25) is 0 Å². The fraction of sp³-hybridized carbons (Fsp3) is 0.900. The van der Waals surface area contributed by atoms with Crippen molar-refractivity contribution in [3.8, 4) is 0 Å². The SMILES string of the molecule is CCCC(C)CNC(=O)CCNC. The lowest BCUT2D eigenvalue weighted by atomic mass is 10.1. The summed E-state index contributed by atoms with van der Waals surface area (Å²) in [5, 5.41) is 5.87. The van der Waals surface area contributed by atoms with Crippen LogP contribution in [0, 0.1) is 5.92 Å². The number of amides is 1. The van der Waals surface area contributed by atoms with E-state index in [1.807, 2.05) is 7.05 Å². The van der Waals surface area contributed by atoms with E-state index in [0.717, 1.165) is 13.1 Å². The molecule has 0 fully saturated rings. The topological polar surface area (TPSA) is 41.1 Å². The van der Waals surface area contributed by atoms with Gasteiger partial charge in [0.1, 0.15) is 0 Å². The molecule has 1 unspecified atom stereocenters. The van der Waals surface area contributed by atoms with Gasteiger partial charge in [-0.05, 0) is 19.4 Å². The number of rotatable bonds is 7. The quantitative estimate of drug-likeness (QED) is 0.626. The molecule has 3 nitrogen and oxygen atoms in total. The van der Waals surface area contributed by atoms with Crippen LogP contribution in [0.4, 0.5) is 0 Å². The van der Waals surface area contributed by atoms with Crippen LogP contribution in [0.25, 0.3) is 0 Å². The van der Waals surface area contributed by atoms with Crippen molar-refractivity contribution in [2.24, 2.45) is 5.92 Å². The summed E-state index contributed by atoms with van der Waals surface area (Å²) in [5.74, 6) is 0.751. The van der Waals surface area contributed by atoms with Crippen LogP contribution < -0.4 is 10.6 Å². The van der Waals surface area contributed by atoms with Gasteiger partial charge in [-0.2, -0.15) is 0 Å². The second-order valence-corrected chi connectivity index (χ2v) is 3.55. The second-order valence-electron chi connectivity index (χ2n) is 3.55. The van der Waals surface area contributed by atoms with Crippen molar-refractivity contribution in [2.75, 3.05) is 20.1 Å². The summed E-state index contributed by atoms with van der Waals surface area (Å²) in [6.07, 6.45) is 2.95. The molecule has 13 heavy (non-hydrogen) atoms. The Morgan fingerprint density at radius 2 is 2.15 bits per heavy atom. The lowest BCUT2D eigenvalue weighted by Gasteiger charge is -2.11. The van der Waals surface area contributed by atoms with Gasteiger partial charge in [0.05, 0.1) is 0 Å². The average molecular weight is 186 g/mol. The molecule has 0 rings (SSSR count). The normalized spacial score (nSPS) is 12.5. The molecule has 0 aromatic rings. The molecule has 0 bridgehead atoms. The first kappa shape index (κ1) is 12.4. The standard InChI is InChI=1S/C10H22N2O/c1-4-5-9(2)8-12-10(13)6-7-11-3/h9,11H,4-8H2,1-3H3,(H,12,13). The van der Waals surface area contributed by atoms with Gasteiger partial charge in [-0.1, -0.05) is 20.3 Å². The van der Waals surface area contributed by atoms with E-state index in [2.05, 4.69) is 24.5 Å². The zero-order valence-electron chi connectivity index (χ0n) is 9.02. The Labute approximate surface area is 81.3 Å². The number of nitrogens with one attached hydrogen (secondary N) is 2. The van der Waals surface area contributed by atoms with E-state index < -0.39 is 0 Å². The smallest absolute Gasteiger partial charge is 0.221 e. The van der Waals surface area contributed by atoms with Crippen molar-refractivity contribution >= 4 is 5.91 Å². The minimum Gasteiger partial charge on any atom is -0.356 e. The molecular formula is C10H22N2O. The fourth-order valence-electron chi connectivity index (χ4n) is 1.21. The fourth-order valence-corrected chi connectivity index (χ4v) is 1.21. The Morgan fingerprint density at radius 1 is 1.46 bits per heavy atom. The highest BCUT2D eigenvalue weighted by molar-refractivity contribution is 5.76. The monoisotopic (exact) mass is 186 g/mol. The zero-order chi connectivity index (χ0) is 10.1. The molecule has 1 atom stereocenters. The maximum atomic E-state index is 11.2. The van der Waals surface area contributed by atoms with Gasteiger partial charge in [0, 0.05) is 19.5 Å². The van der Waals surface area contributed by atoms with Gasteiger partial charge < -0.3 is 10.6 Å². The summed E-state index contributed by atoms with van der Waals surface area (Å²) in [6.45, 7) is 5.91. The summed E-state index contributed by atoms with van der Waals surface area (Å²) < 4.78 is 0. The highest BCUT2D eigenvalue weighted by Crippen LogP contribution is 2.02. The third kappa shape index (κ3) is 7.78. The van der Waals surface area contributed by atoms with E-state index in [4.69, 9.17) is 0 Å². The Kier molecular flexibility index (Phi) is 7.69. The molecule has 0 aromatic carbocycles. The van der Waals surface area contributed by atoms with Gasteiger partial charge in [-0.3, -0.25) is 4.79 Å². The molecule has 0 aliphatic carbocycles. The molecule has 1 amide bonds. The first-order chi connectivity index (χ1) is 6.20. The Bertz CT molecular complexity index is 137. The maximum Gasteiger partial charge on any atom is 0.221 e. The first-order valence-corrected chi connectivity index (χ1v) is 5.12. The van der Waals surface area contributed by atoms with Gasteiger partial charge in [-0.25, -0.2) is 0 Å². The molecule has 0 saturated heterocycles. The lowest BCUT2D eigenvalue weighted by Crippen LogP contribution is -2.30. The number of carbonyl (C=O) groups is 1. The van der Waals surface area contributed by atoms with Crippen molar-refractivity contribution in [2.45, 2.75) is 33.1 Å². The Balaban J connectivity index is 3.34. The average Bonchev–Trinajstić information content (AvgIpc) is 2.12. The van der Waals surface area contributed by atoms with Crippen LogP contribution in [0.15, 0.2) is 0 Å².